The molecule has 1 aliphatic heterocycles. The number of hydrogen-bond acceptors (Lipinski definition) is 5. The minimum Gasteiger partial charge on any atom is -0.478 e. The highest BCUT2D eigenvalue weighted by molar-refractivity contribution is 6.13. The molecule has 0 radical (unpaired) electrons. The molecule has 1 amide bonds. The summed E-state index contributed by atoms with van der Waals surface area (Å²) in [4.78, 5) is 49.9. The zero-order valence-corrected chi connectivity index (χ0v) is 17.9. The van der Waals surface area contributed by atoms with E-state index in [1.807, 2.05) is 6.07 Å². The highest BCUT2D eigenvalue weighted by atomic mass is 16.4. The number of amides is 1. The Balaban J connectivity index is 1.95. The lowest BCUT2D eigenvalue weighted by Gasteiger charge is -2.38. The summed E-state index contributed by atoms with van der Waals surface area (Å²) in [6.07, 6.45) is 2.61. The number of carboxylic acid groups (broad SMARTS) is 1. The van der Waals surface area contributed by atoms with Crippen molar-refractivity contribution in [2.75, 3.05) is 23.3 Å². The van der Waals surface area contributed by atoms with Crippen LogP contribution < -0.4 is 10.2 Å². The van der Waals surface area contributed by atoms with Crippen LogP contribution in [0.1, 0.15) is 75.0 Å². The number of carboxylic acids is 1. The first-order chi connectivity index (χ1) is 14.6. The van der Waals surface area contributed by atoms with Crippen LogP contribution in [0.15, 0.2) is 36.4 Å². The van der Waals surface area contributed by atoms with E-state index in [0.717, 1.165) is 31.6 Å². The van der Waals surface area contributed by atoms with Gasteiger partial charge in [-0.05, 0) is 55.5 Å². The van der Waals surface area contributed by atoms with Gasteiger partial charge in [-0.25, -0.2) is 4.79 Å². The van der Waals surface area contributed by atoms with Gasteiger partial charge in [0.2, 0.25) is 0 Å². The van der Waals surface area contributed by atoms with E-state index in [2.05, 4.69) is 24.1 Å². The highest BCUT2D eigenvalue weighted by Crippen LogP contribution is 2.34. The normalized spacial score (nSPS) is 15.3. The molecule has 0 aromatic heterocycles. The molecule has 7 nitrogen and oxygen atoms in total. The fourth-order valence-corrected chi connectivity index (χ4v) is 3.71. The van der Waals surface area contributed by atoms with Crippen molar-refractivity contribution in [1.29, 1.82) is 0 Å². The summed E-state index contributed by atoms with van der Waals surface area (Å²) in [7, 11) is 0. The van der Waals surface area contributed by atoms with Gasteiger partial charge in [-0.3, -0.25) is 14.4 Å². The maximum atomic E-state index is 12.9. The van der Waals surface area contributed by atoms with E-state index in [-0.39, 0.29) is 27.9 Å². The molecule has 7 heteroatoms. The quantitative estimate of drug-likeness (QED) is 0.532. The van der Waals surface area contributed by atoms with E-state index in [1.54, 1.807) is 12.1 Å². The van der Waals surface area contributed by atoms with Gasteiger partial charge in [0.25, 0.3) is 5.91 Å². The smallest absolute Gasteiger partial charge is 0.336 e. The number of anilines is 2. The average molecular weight is 422 g/mol. The number of nitrogens with one attached hydrogen (secondary N) is 1. The topological polar surface area (TPSA) is 104 Å². The van der Waals surface area contributed by atoms with Crippen LogP contribution in [0.5, 0.6) is 0 Å². The standard InChI is InChI=1S/C24H26N2O5/c1-15(28)18-7-5-17(26-10-8-24(2,3)9-11-26)13-21(18)25-22(29)20-12-16(14-27)4-6-19(20)23(30)31/h4-7,12-14H,8-11H2,1-3H3,(H,25,29)(H,30,31). The van der Waals surface area contributed by atoms with Crippen LogP contribution in [0.3, 0.4) is 0 Å². The first-order valence-corrected chi connectivity index (χ1v) is 10.1. The third kappa shape index (κ3) is 4.99. The van der Waals surface area contributed by atoms with Crippen molar-refractivity contribution in [3.63, 3.8) is 0 Å². The Labute approximate surface area is 181 Å². The minimum atomic E-state index is -1.28. The first-order valence-electron chi connectivity index (χ1n) is 10.1. The molecule has 0 spiro atoms. The number of aldehydes is 1. The first kappa shape index (κ1) is 22.2. The van der Waals surface area contributed by atoms with Gasteiger partial charge >= 0.3 is 5.97 Å². The summed E-state index contributed by atoms with van der Waals surface area (Å²) in [6, 6.07) is 9.08. The number of ketones is 1. The highest BCUT2D eigenvalue weighted by Gasteiger charge is 2.26. The Morgan fingerprint density at radius 2 is 1.65 bits per heavy atom. The summed E-state index contributed by atoms with van der Waals surface area (Å²) in [5, 5.41) is 12.1. The van der Waals surface area contributed by atoms with E-state index in [0.29, 0.717) is 17.5 Å². The molecular weight excluding hydrogens is 396 g/mol. The summed E-state index contributed by atoms with van der Waals surface area (Å²) in [5.41, 5.74) is 1.63. The van der Waals surface area contributed by atoms with Crippen molar-refractivity contribution in [2.45, 2.75) is 33.6 Å². The van der Waals surface area contributed by atoms with Crippen LogP contribution >= 0.6 is 0 Å². The Bertz CT molecular complexity index is 1050. The predicted molar refractivity (Wildman–Crippen MR) is 118 cm³/mol. The Morgan fingerprint density at radius 1 is 1.00 bits per heavy atom. The van der Waals surface area contributed by atoms with Crippen LogP contribution in [0.4, 0.5) is 11.4 Å². The number of aromatic carboxylic acids is 1. The van der Waals surface area contributed by atoms with E-state index in [4.69, 9.17) is 0 Å². The van der Waals surface area contributed by atoms with Gasteiger partial charge in [0.15, 0.2) is 5.78 Å². The second kappa shape index (κ2) is 8.71. The zero-order chi connectivity index (χ0) is 22.8. The molecule has 0 unspecified atom stereocenters. The third-order valence-electron chi connectivity index (χ3n) is 5.77. The molecule has 162 valence electrons. The van der Waals surface area contributed by atoms with E-state index >= 15 is 0 Å². The predicted octanol–water partition coefficient (Wildman–Crippen LogP) is 4.28. The maximum Gasteiger partial charge on any atom is 0.336 e. The van der Waals surface area contributed by atoms with Crippen LogP contribution in [-0.4, -0.2) is 42.1 Å². The molecule has 0 atom stereocenters. The molecule has 31 heavy (non-hydrogen) atoms. The molecule has 1 heterocycles. The van der Waals surface area contributed by atoms with Gasteiger partial charge in [0.05, 0.1) is 16.8 Å². The number of nitrogens with zero attached hydrogens (tertiary/aromatic N) is 1. The second-order valence-corrected chi connectivity index (χ2v) is 8.62. The number of hydrogen-bond donors (Lipinski definition) is 2. The number of piperidine rings is 1. The average Bonchev–Trinajstić information content (AvgIpc) is 2.72. The molecule has 1 aliphatic rings. The van der Waals surface area contributed by atoms with Crippen molar-refractivity contribution in [3.05, 3.63) is 58.7 Å². The SMILES string of the molecule is CC(=O)c1ccc(N2CCC(C)(C)CC2)cc1NC(=O)c1cc(C=O)ccc1C(=O)O. The second-order valence-electron chi connectivity index (χ2n) is 8.62. The van der Waals surface area contributed by atoms with Gasteiger partial charge in [-0.15, -0.1) is 0 Å². The van der Waals surface area contributed by atoms with Crippen LogP contribution in [-0.2, 0) is 0 Å². The number of rotatable bonds is 6. The van der Waals surface area contributed by atoms with E-state index in [1.165, 1.54) is 25.1 Å². The zero-order valence-electron chi connectivity index (χ0n) is 17.9. The lowest BCUT2D eigenvalue weighted by molar-refractivity contribution is 0.0692. The lowest BCUT2D eigenvalue weighted by atomic mass is 9.82. The van der Waals surface area contributed by atoms with E-state index in [9.17, 15) is 24.3 Å². The van der Waals surface area contributed by atoms with Crippen molar-refractivity contribution >= 4 is 35.3 Å². The number of Topliss-reactive ketones (excluding diaryl/α,β-unsaturated/α-hetero) is 1. The molecule has 0 saturated carbocycles. The number of carbonyl (C=O) groups is 4. The van der Waals surface area contributed by atoms with Gasteiger partial charge in [0.1, 0.15) is 6.29 Å². The number of carbonyl (C=O) groups excluding carboxylic acids is 3. The van der Waals surface area contributed by atoms with Crippen molar-refractivity contribution in [2.24, 2.45) is 5.41 Å². The van der Waals surface area contributed by atoms with Crippen LogP contribution in [0, 0.1) is 5.41 Å². The maximum absolute atomic E-state index is 12.9. The number of benzene rings is 2. The Hall–Kier alpha value is -3.48. The van der Waals surface area contributed by atoms with Gasteiger partial charge in [0, 0.05) is 29.9 Å². The largest absolute Gasteiger partial charge is 0.478 e. The fraction of sp³-hybridized carbons (Fsp3) is 0.333. The molecule has 1 fully saturated rings. The van der Waals surface area contributed by atoms with Crippen LogP contribution in [0.2, 0.25) is 0 Å². The molecule has 2 aromatic rings. The molecule has 3 rings (SSSR count). The fourth-order valence-electron chi connectivity index (χ4n) is 3.71. The molecule has 2 aromatic carbocycles. The van der Waals surface area contributed by atoms with Gasteiger partial charge in [-0.2, -0.15) is 0 Å². The summed E-state index contributed by atoms with van der Waals surface area (Å²) < 4.78 is 0. The van der Waals surface area contributed by atoms with E-state index < -0.39 is 11.9 Å². The van der Waals surface area contributed by atoms with Crippen molar-refractivity contribution in [1.82, 2.24) is 0 Å². The molecule has 2 N–H and O–H groups in total. The molecular formula is C24H26N2O5. The van der Waals surface area contributed by atoms with Gasteiger partial charge < -0.3 is 15.3 Å². The lowest BCUT2D eigenvalue weighted by Crippen LogP contribution is -2.37. The third-order valence-corrected chi connectivity index (χ3v) is 5.77. The summed E-state index contributed by atoms with van der Waals surface area (Å²) in [6.45, 7) is 7.61. The molecule has 1 saturated heterocycles. The van der Waals surface area contributed by atoms with Crippen molar-refractivity contribution < 1.29 is 24.3 Å². The molecule has 0 aliphatic carbocycles. The summed E-state index contributed by atoms with van der Waals surface area (Å²) in [5.74, 6) is -2.19. The molecule has 0 bridgehead atoms. The van der Waals surface area contributed by atoms with Gasteiger partial charge in [-0.1, -0.05) is 19.9 Å². The minimum absolute atomic E-state index is 0.142. The summed E-state index contributed by atoms with van der Waals surface area (Å²) >= 11 is 0. The Morgan fingerprint density at radius 3 is 2.23 bits per heavy atom. The monoisotopic (exact) mass is 422 g/mol. The van der Waals surface area contributed by atoms with Crippen molar-refractivity contribution in [3.8, 4) is 0 Å². The van der Waals surface area contributed by atoms with Crippen LogP contribution in [0.25, 0.3) is 0 Å². The Kier molecular flexibility index (Phi) is 6.24.